The van der Waals surface area contributed by atoms with Gasteiger partial charge in [0.25, 0.3) is 7.82 Å². The lowest BCUT2D eigenvalue weighted by atomic mass is 10.0. The van der Waals surface area contributed by atoms with E-state index in [9.17, 15) is 19.0 Å². The minimum atomic E-state index is -4.65. The Bertz CT molecular complexity index is 1710. The van der Waals surface area contributed by atoms with E-state index in [-0.39, 0.29) is 26.1 Å². The van der Waals surface area contributed by atoms with Crippen LogP contribution in [0.4, 0.5) is 0 Å². The molecule has 0 aromatic rings. The number of rotatable bonds is 51. The van der Waals surface area contributed by atoms with Crippen molar-refractivity contribution in [3.05, 3.63) is 134 Å². The Kier molecular flexibility index (Phi) is 51.2. The van der Waals surface area contributed by atoms with Gasteiger partial charge in [0.05, 0.1) is 27.7 Å². The fraction of sp³-hybridized carbons (Fsp3) is 0.625. The lowest BCUT2D eigenvalue weighted by Gasteiger charge is -2.28. The van der Waals surface area contributed by atoms with E-state index in [2.05, 4.69) is 135 Å². The highest BCUT2D eigenvalue weighted by Gasteiger charge is 2.21. The van der Waals surface area contributed by atoms with Crippen LogP contribution in [-0.2, 0) is 32.7 Å². The van der Waals surface area contributed by atoms with Crippen molar-refractivity contribution < 1.29 is 42.1 Å². The first-order chi connectivity index (χ1) is 36.0. The minimum Gasteiger partial charge on any atom is -0.756 e. The zero-order chi connectivity index (χ0) is 54.2. The van der Waals surface area contributed by atoms with E-state index in [1.165, 1.54) is 77.0 Å². The molecule has 10 heteroatoms. The molecule has 0 aliphatic rings. The molecule has 0 N–H and O–H groups in total. The van der Waals surface area contributed by atoms with Crippen LogP contribution in [0.1, 0.15) is 206 Å². The lowest BCUT2D eigenvalue weighted by molar-refractivity contribution is -0.870. The molecule has 0 bridgehead atoms. The van der Waals surface area contributed by atoms with Gasteiger partial charge in [-0.15, -0.1) is 0 Å². The Balaban J connectivity index is 4.08. The van der Waals surface area contributed by atoms with Crippen molar-refractivity contribution in [2.24, 2.45) is 0 Å². The highest BCUT2D eigenvalue weighted by molar-refractivity contribution is 7.45. The first-order valence-corrected chi connectivity index (χ1v) is 30.4. The number of allylic oxidation sites excluding steroid dienone is 22. The summed E-state index contributed by atoms with van der Waals surface area (Å²) in [5.74, 6) is -0.936. The van der Waals surface area contributed by atoms with Crippen LogP contribution in [0.15, 0.2) is 134 Å². The fourth-order valence-corrected chi connectivity index (χ4v) is 8.02. The Labute approximate surface area is 453 Å². The zero-order valence-corrected chi connectivity index (χ0v) is 48.4. The summed E-state index contributed by atoms with van der Waals surface area (Å²) in [5, 5.41) is 0. The lowest BCUT2D eigenvalue weighted by Crippen LogP contribution is -2.37. The van der Waals surface area contributed by atoms with Crippen molar-refractivity contribution in [3.63, 3.8) is 0 Å². The summed E-state index contributed by atoms with van der Waals surface area (Å²) in [6, 6.07) is 0. The monoisotopic (exact) mass is 1050 g/mol. The molecule has 0 aromatic carbocycles. The second kappa shape index (κ2) is 54.0. The maximum atomic E-state index is 12.8. The van der Waals surface area contributed by atoms with Crippen LogP contribution in [-0.4, -0.2) is 70.0 Å². The number of esters is 2. The Hall–Kier alpha value is -3.85. The van der Waals surface area contributed by atoms with Crippen LogP contribution >= 0.6 is 7.82 Å². The third-order valence-electron chi connectivity index (χ3n) is 11.7. The molecule has 0 saturated heterocycles. The number of nitrogens with zero attached hydrogens (tertiary/aromatic N) is 1. The second-order valence-electron chi connectivity index (χ2n) is 19.9. The van der Waals surface area contributed by atoms with Crippen molar-refractivity contribution in [1.82, 2.24) is 0 Å². The van der Waals surface area contributed by atoms with Gasteiger partial charge >= 0.3 is 11.9 Å². The van der Waals surface area contributed by atoms with Crippen molar-refractivity contribution in [1.29, 1.82) is 0 Å². The average Bonchev–Trinajstić information content (AvgIpc) is 3.36. The summed E-state index contributed by atoms with van der Waals surface area (Å²) in [4.78, 5) is 37.7. The Morgan fingerprint density at radius 1 is 0.419 bits per heavy atom. The van der Waals surface area contributed by atoms with Crippen LogP contribution in [0, 0.1) is 0 Å². The number of carbonyl (C=O) groups is 2. The van der Waals surface area contributed by atoms with Gasteiger partial charge in [-0.1, -0.05) is 231 Å². The summed E-state index contributed by atoms with van der Waals surface area (Å²) in [7, 11) is 1.12. The van der Waals surface area contributed by atoms with Gasteiger partial charge in [0.15, 0.2) is 6.10 Å². The normalized spacial score (nSPS) is 14.3. The van der Waals surface area contributed by atoms with Gasteiger partial charge in [0.1, 0.15) is 19.8 Å². The maximum Gasteiger partial charge on any atom is 0.306 e. The third kappa shape index (κ3) is 57.4. The van der Waals surface area contributed by atoms with E-state index in [0.29, 0.717) is 23.9 Å². The van der Waals surface area contributed by atoms with Gasteiger partial charge in [0, 0.05) is 12.8 Å². The molecule has 0 spiro atoms. The van der Waals surface area contributed by atoms with Crippen molar-refractivity contribution in [3.8, 4) is 0 Å². The van der Waals surface area contributed by atoms with Crippen molar-refractivity contribution >= 4 is 19.8 Å². The van der Waals surface area contributed by atoms with Crippen LogP contribution in [0.2, 0.25) is 0 Å². The largest absolute Gasteiger partial charge is 0.756 e. The molecule has 0 aromatic heterocycles. The number of hydrogen-bond acceptors (Lipinski definition) is 8. The van der Waals surface area contributed by atoms with Gasteiger partial charge in [-0.25, -0.2) is 0 Å². The smallest absolute Gasteiger partial charge is 0.306 e. The third-order valence-corrected chi connectivity index (χ3v) is 12.6. The number of likely N-dealkylation sites (N-methyl/N-ethyl adjacent to an activating group) is 1. The quantitative estimate of drug-likeness (QED) is 0.0195. The van der Waals surface area contributed by atoms with Crippen LogP contribution in [0.25, 0.3) is 0 Å². The first-order valence-electron chi connectivity index (χ1n) is 28.9. The molecule has 420 valence electrons. The number of ether oxygens (including phenoxy) is 2. The molecular weight excluding hydrogens is 942 g/mol. The molecule has 74 heavy (non-hydrogen) atoms. The van der Waals surface area contributed by atoms with Gasteiger partial charge < -0.3 is 27.9 Å². The number of quaternary nitrogens is 1. The average molecular weight is 1050 g/mol. The highest BCUT2D eigenvalue weighted by atomic mass is 31.2. The molecular formula is C64H106NO8P. The molecule has 0 amide bonds. The molecule has 0 aliphatic heterocycles. The van der Waals surface area contributed by atoms with Gasteiger partial charge in [-0.2, -0.15) is 0 Å². The predicted octanol–water partition coefficient (Wildman–Crippen LogP) is 17.5. The minimum absolute atomic E-state index is 0.0470. The summed E-state index contributed by atoms with van der Waals surface area (Å²) in [5.41, 5.74) is 0. The molecule has 9 nitrogen and oxygen atoms in total. The number of hydrogen-bond donors (Lipinski definition) is 0. The Morgan fingerprint density at radius 2 is 0.757 bits per heavy atom. The number of unbranched alkanes of at least 4 members (excludes halogenated alkanes) is 15. The zero-order valence-electron chi connectivity index (χ0n) is 47.5. The Morgan fingerprint density at radius 3 is 1.14 bits per heavy atom. The SMILES string of the molecule is CC/C=C\C/C=C\C/C=C\C/C=C\C/C=C\C/C=C\C/C=C\CCCCCCCCCCCCCCCCCC(=O)OC(COC(=O)CC/C=C\C/C=C\C/C=C\C/C=C\CC)COP(=O)([O-])OCC[N+](C)(C)C. The predicted molar refractivity (Wildman–Crippen MR) is 314 cm³/mol. The van der Waals surface area contributed by atoms with Crippen molar-refractivity contribution in [2.75, 3.05) is 47.5 Å². The number of phosphoric acid groups is 1. The van der Waals surface area contributed by atoms with Gasteiger partial charge in [-0.05, 0) is 96.3 Å². The van der Waals surface area contributed by atoms with Crippen LogP contribution in [0.5, 0.6) is 0 Å². The molecule has 2 atom stereocenters. The van der Waals surface area contributed by atoms with Gasteiger partial charge in [0.2, 0.25) is 0 Å². The summed E-state index contributed by atoms with van der Waals surface area (Å²) < 4.78 is 34.0. The van der Waals surface area contributed by atoms with E-state index in [0.717, 1.165) is 89.9 Å². The highest BCUT2D eigenvalue weighted by Crippen LogP contribution is 2.38. The first kappa shape index (κ1) is 70.1. The van der Waals surface area contributed by atoms with Crippen molar-refractivity contribution in [2.45, 2.75) is 213 Å². The van der Waals surface area contributed by atoms with E-state index in [4.69, 9.17) is 18.5 Å². The molecule has 0 radical (unpaired) electrons. The topological polar surface area (TPSA) is 111 Å². The van der Waals surface area contributed by atoms with E-state index in [1.54, 1.807) is 0 Å². The van der Waals surface area contributed by atoms with E-state index < -0.39 is 32.5 Å². The van der Waals surface area contributed by atoms with E-state index >= 15 is 0 Å². The molecule has 0 fully saturated rings. The maximum absolute atomic E-state index is 12.8. The molecule has 0 heterocycles. The van der Waals surface area contributed by atoms with Crippen LogP contribution < -0.4 is 4.89 Å². The van der Waals surface area contributed by atoms with Crippen LogP contribution in [0.3, 0.4) is 0 Å². The van der Waals surface area contributed by atoms with E-state index in [1.807, 2.05) is 33.3 Å². The molecule has 0 rings (SSSR count). The summed E-state index contributed by atoms with van der Waals surface area (Å²) in [6.45, 7) is 3.90. The van der Waals surface area contributed by atoms with Gasteiger partial charge in [-0.3, -0.25) is 14.2 Å². The summed E-state index contributed by atoms with van der Waals surface area (Å²) >= 11 is 0. The molecule has 0 aliphatic carbocycles. The molecule has 2 unspecified atom stereocenters. The fourth-order valence-electron chi connectivity index (χ4n) is 7.30. The second-order valence-corrected chi connectivity index (χ2v) is 21.3. The number of carbonyl (C=O) groups excluding carboxylic acids is 2. The number of phosphoric ester groups is 1. The summed E-state index contributed by atoms with van der Waals surface area (Å²) in [6.07, 6.45) is 78.2. The standard InChI is InChI=1S/C64H106NO8P/c1-6-8-10-12-14-16-18-20-21-22-23-24-25-26-27-28-29-30-31-32-33-34-35-36-37-38-39-40-41-42-43-45-47-49-51-53-55-57-64(67)73-62(61-72-74(68,69)71-59-58-65(3,4)5)60-70-63(66)56-54-52-50-48-46-44-19-17-15-13-11-9-7-2/h8-11,14-17,20-21,23-24,26-27,29-30,32-33,44,46,50,52,62H,6-7,12-13,18-19,22,25,28,31,34-43,45,47-49,51,53-61H2,1-5H3/b10-8-,11-9-,16-14-,17-15-,21-20-,24-23-,27-26-,30-29-,33-32-,46-44-,52-50-. The molecule has 0 saturated carbocycles.